The first-order valence-corrected chi connectivity index (χ1v) is 5.86. The second-order valence-electron chi connectivity index (χ2n) is 4.43. The zero-order valence-corrected chi connectivity index (χ0v) is 10.3. The zero-order valence-electron chi connectivity index (χ0n) is 10.3. The maximum Gasteiger partial charge on any atom is 0.419 e. The zero-order chi connectivity index (χ0) is 15.2. The third-order valence-corrected chi connectivity index (χ3v) is 2.98. The normalized spacial score (nSPS) is 12.0. The minimum Gasteiger partial charge on any atom is -0.304 e. The molecule has 21 heavy (non-hydrogen) atoms. The molecule has 2 aromatic heterocycles. The summed E-state index contributed by atoms with van der Waals surface area (Å²) in [5.74, 6) is -1.84. The monoisotopic (exact) mass is 298 g/mol. The highest BCUT2D eigenvalue weighted by atomic mass is 19.4. The van der Waals surface area contributed by atoms with Gasteiger partial charge in [-0.3, -0.25) is 0 Å². The van der Waals surface area contributed by atoms with Gasteiger partial charge in [-0.05, 0) is 30.3 Å². The molecule has 0 radical (unpaired) electrons. The van der Waals surface area contributed by atoms with E-state index in [1.807, 2.05) is 0 Å². The number of aromatic nitrogens is 2. The third kappa shape index (κ3) is 2.46. The fourth-order valence-corrected chi connectivity index (χ4v) is 2.01. The fourth-order valence-electron chi connectivity index (χ4n) is 2.01. The topological polar surface area (TPSA) is 17.3 Å². The molecule has 7 heteroatoms. The Bertz CT molecular complexity index is 820. The maximum atomic E-state index is 13.2. The third-order valence-electron chi connectivity index (χ3n) is 2.98. The summed E-state index contributed by atoms with van der Waals surface area (Å²) < 4.78 is 65.7. The van der Waals surface area contributed by atoms with Crippen molar-refractivity contribution >= 4 is 5.65 Å². The van der Waals surface area contributed by atoms with E-state index in [1.165, 1.54) is 28.8 Å². The summed E-state index contributed by atoms with van der Waals surface area (Å²) in [6.07, 6.45) is -2.25. The number of hydrogen-bond donors (Lipinski definition) is 0. The Labute approximate surface area is 115 Å². The molecule has 0 aliphatic heterocycles. The van der Waals surface area contributed by atoms with Crippen LogP contribution in [-0.2, 0) is 6.18 Å². The Hall–Kier alpha value is -2.44. The van der Waals surface area contributed by atoms with Gasteiger partial charge in [-0.25, -0.2) is 13.8 Å². The summed E-state index contributed by atoms with van der Waals surface area (Å²) in [5.41, 5.74) is -0.675. The summed E-state index contributed by atoms with van der Waals surface area (Å²) in [6, 6.07) is 5.21. The average Bonchev–Trinajstić information content (AvgIpc) is 2.80. The van der Waals surface area contributed by atoms with Crippen LogP contribution in [0.3, 0.4) is 0 Å². The summed E-state index contributed by atoms with van der Waals surface area (Å²) >= 11 is 0. The van der Waals surface area contributed by atoms with E-state index in [1.54, 1.807) is 0 Å². The predicted molar refractivity (Wildman–Crippen MR) is 65.5 cm³/mol. The van der Waals surface area contributed by atoms with Gasteiger partial charge in [0.2, 0.25) is 0 Å². The van der Waals surface area contributed by atoms with Crippen molar-refractivity contribution in [3.63, 3.8) is 0 Å². The summed E-state index contributed by atoms with van der Waals surface area (Å²) in [6.45, 7) is 0. The lowest BCUT2D eigenvalue weighted by atomic mass is 10.1. The quantitative estimate of drug-likeness (QED) is 0.612. The van der Waals surface area contributed by atoms with Gasteiger partial charge in [-0.1, -0.05) is 0 Å². The molecule has 0 unspecified atom stereocenters. The highest BCUT2D eigenvalue weighted by molar-refractivity contribution is 5.63. The molecule has 0 saturated heterocycles. The Kier molecular flexibility index (Phi) is 2.93. The van der Waals surface area contributed by atoms with Gasteiger partial charge in [0.15, 0.2) is 0 Å². The molecule has 0 amide bonds. The van der Waals surface area contributed by atoms with Gasteiger partial charge in [-0.2, -0.15) is 13.2 Å². The number of alkyl halides is 3. The summed E-state index contributed by atoms with van der Waals surface area (Å²) in [7, 11) is 0. The van der Waals surface area contributed by atoms with Crippen LogP contribution in [0.15, 0.2) is 42.7 Å². The van der Waals surface area contributed by atoms with E-state index in [9.17, 15) is 22.0 Å². The second kappa shape index (κ2) is 4.54. The number of pyridine rings is 1. The molecule has 3 rings (SSSR count). The van der Waals surface area contributed by atoms with Crippen molar-refractivity contribution in [2.45, 2.75) is 6.18 Å². The van der Waals surface area contributed by atoms with Crippen LogP contribution in [0.1, 0.15) is 5.56 Å². The lowest BCUT2D eigenvalue weighted by molar-refractivity contribution is -0.139. The van der Waals surface area contributed by atoms with Gasteiger partial charge in [0, 0.05) is 18.0 Å². The van der Waals surface area contributed by atoms with Gasteiger partial charge in [0.05, 0.1) is 11.3 Å². The van der Waals surface area contributed by atoms with E-state index in [4.69, 9.17) is 0 Å². The minimum atomic E-state index is -4.79. The average molecular weight is 298 g/mol. The molecule has 0 bridgehead atoms. The van der Waals surface area contributed by atoms with Crippen molar-refractivity contribution in [1.29, 1.82) is 0 Å². The molecule has 0 aliphatic rings. The molecule has 0 fully saturated rings. The number of fused-ring (bicyclic) bond motifs is 1. The molecule has 0 spiro atoms. The number of rotatable bonds is 1. The SMILES string of the molecule is Fc1ccc2nc(-c3ccc(F)c(C(F)(F)F)c3)cn2c1. The second-order valence-corrected chi connectivity index (χ2v) is 4.43. The van der Waals surface area contributed by atoms with Gasteiger partial charge in [-0.15, -0.1) is 0 Å². The standard InChI is InChI=1S/C14H7F5N2/c15-9-2-4-13-20-12(7-21(13)6-9)8-1-3-11(16)10(5-8)14(17,18)19/h1-7H. The van der Waals surface area contributed by atoms with Gasteiger partial charge in [0.1, 0.15) is 17.3 Å². The van der Waals surface area contributed by atoms with Crippen LogP contribution in [0.25, 0.3) is 16.9 Å². The first-order valence-electron chi connectivity index (χ1n) is 5.86. The summed E-state index contributed by atoms with van der Waals surface area (Å²) in [5, 5.41) is 0. The van der Waals surface area contributed by atoms with E-state index in [0.717, 1.165) is 12.3 Å². The Morgan fingerprint density at radius 1 is 0.952 bits per heavy atom. The van der Waals surface area contributed by atoms with Crippen LogP contribution in [0, 0.1) is 11.6 Å². The number of imidazole rings is 1. The van der Waals surface area contributed by atoms with Gasteiger partial charge in [0.25, 0.3) is 0 Å². The van der Waals surface area contributed by atoms with Crippen molar-refractivity contribution in [2.24, 2.45) is 0 Å². The van der Waals surface area contributed by atoms with Crippen molar-refractivity contribution in [3.8, 4) is 11.3 Å². The van der Waals surface area contributed by atoms with Crippen LogP contribution in [0.2, 0.25) is 0 Å². The van der Waals surface area contributed by atoms with Gasteiger partial charge >= 0.3 is 6.18 Å². The molecule has 0 aliphatic carbocycles. The maximum absolute atomic E-state index is 13.2. The first kappa shape index (κ1) is 13.5. The lowest BCUT2D eigenvalue weighted by Crippen LogP contribution is -2.08. The van der Waals surface area contributed by atoms with Crippen molar-refractivity contribution in [1.82, 2.24) is 9.38 Å². The lowest BCUT2D eigenvalue weighted by Gasteiger charge is -2.08. The van der Waals surface area contributed by atoms with Gasteiger partial charge < -0.3 is 4.40 Å². The van der Waals surface area contributed by atoms with Crippen molar-refractivity contribution < 1.29 is 22.0 Å². The van der Waals surface area contributed by atoms with Crippen LogP contribution in [0.4, 0.5) is 22.0 Å². The Balaban J connectivity index is 2.14. The molecule has 0 N–H and O–H groups in total. The Morgan fingerprint density at radius 3 is 2.43 bits per heavy atom. The van der Waals surface area contributed by atoms with Crippen LogP contribution < -0.4 is 0 Å². The summed E-state index contributed by atoms with van der Waals surface area (Å²) in [4.78, 5) is 4.08. The molecular formula is C14H7F5N2. The van der Waals surface area contributed by atoms with Crippen LogP contribution >= 0.6 is 0 Å². The largest absolute Gasteiger partial charge is 0.419 e. The van der Waals surface area contributed by atoms with Crippen LogP contribution in [0.5, 0.6) is 0 Å². The highest BCUT2D eigenvalue weighted by Crippen LogP contribution is 2.34. The fraction of sp³-hybridized carbons (Fsp3) is 0.0714. The van der Waals surface area contributed by atoms with E-state index in [0.29, 0.717) is 11.7 Å². The first-order chi connectivity index (χ1) is 9.84. The smallest absolute Gasteiger partial charge is 0.304 e. The molecular weight excluding hydrogens is 291 g/mol. The number of nitrogens with zero attached hydrogens (tertiary/aromatic N) is 2. The van der Waals surface area contributed by atoms with E-state index in [2.05, 4.69) is 4.98 Å². The molecule has 2 nitrogen and oxygen atoms in total. The number of hydrogen-bond acceptors (Lipinski definition) is 1. The Morgan fingerprint density at radius 2 is 1.71 bits per heavy atom. The molecule has 2 heterocycles. The highest BCUT2D eigenvalue weighted by Gasteiger charge is 2.34. The van der Waals surface area contributed by atoms with Crippen molar-refractivity contribution in [3.05, 3.63) is 59.9 Å². The molecule has 1 aromatic carbocycles. The van der Waals surface area contributed by atoms with E-state index >= 15 is 0 Å². The number of halogens is 5. The molecule has 0 atom stereocenters. The molecule has 0 saturated carbocycles. The van der Waals surface area contributed by atoms with Crippen molar-refractivity contribution in [2.75, 3.05) is 0 Å². The predicted octanol–water partition coefficient (Wildman–Crippen LogP) is 4.30. The van der Waals surface area contributed by atoms with E-state index in [-0.39, 0.29) is 11.3 Å². The molecule has 3 aromatic rings. The van der Waals surface area contributed by atoms with Crippen LogP contribution in [-0.4, -0.2) is 9.38 Å². The molecule has 108 valence electrons. The van der Waals surface area contributed by atoms with E-state index < -0.39 is 23.4 Å². The minimum absolute atomic E-state index is 0.104. The number of benzene rings is 1.